The van der Waals surface area contributed by atoms with Crippen LogP contribution in [0, 0.1) is 0 Å². The van der Waals surface area contributed by atoms with E-state index in [4.69, 9.17) is 5.11 Å². The monoisotopic (exact) mass is 338 g/mol. The summed E-state index contributed by atoms with van der Waals surface area (Å²) in [7, 11) is 0. The zero-order valence-corrected chi connectivity index (χ0v) is 14.1. The molecular weight excluding hydrogens is 316 g/mol. The Balaban J connectivity index is 1.68. The molecule has 1 aliphatic heterocycles. The van der Waals surface area contributed by atoms with Crippen LogP contribution in [0.5, 0.6) is 0 Å². The summed E-state index contributed by atoms with van der Waals surface area (Å²) in [6.45, 7) is 3.10. The molecule has 1 amide bonds. The molecule has 1 fully saturated rings. The van der Waals surface area contributed by atoms with Crippen LogP contribution < -0.4 is 4.90 Å². The number of para-hydroxylation sites is 1. The number of anilines is 1. The third-order valence-corrected chi connectivity index (χ3v) is 4.43. The summed E-state index contributed by atoms with van der Waals surface area (Å²) in [4.78, 5) is 27.8. The second-order valence-electron chi connectivity index (χ2n) is 6.24. The average Bonchev–Trinajstić information content (AvgIpc) is 2.88. The highest BCUT2D eigenvalue weighted by Gasteiger charge is 2.20. The van der Waals surface area contributed by atoms with Gasteiger partial charge in [0.25, 0.3) is 5.91 Å². The van der Waals surface area contributed by atoms with Crippen LogP contribution in [0.4, 0.5) is 5.69 Å². The van der Waals surface area contributed by atoms with Crippen LogP contribution in [-0.4, -0.2) is 48.1 Å². The van der Waals surface area contributed by atoms with E-state index in [1.807, 2.05) is 23.1 Å². The van der Waals surface area contributed by atoms with Gasteiger partial charge >= 0.3 is 5.97 Å². The maximum Gasteiger partial charge on any atom is 0.307 e. The molecule has 0 spiro atoms. The van der Waals surface area contributed by atoms with Crippen molar-refractivity contribution in [2.45, 2.75) is 12.8 Å². The van der Waals surface area contributed by atoms with Crippen molar-refractivity contribution in [3.8, 4) is 0 Å². The normalized spacial score (nSPS) is 14.9. The minimum atomic E-state index is -0.891. The Morgan fingerprint density at radius 2 is 1.72 bits per heavy atom. The van der Waals surface area contributed by atoms with Crippen molar-refractivity contribution in [1.29, 1.82) is 0 Å². The maximum atomic E-state index is 12.8. The van der Waals surface area contributed by atoms with Gasteiger partial charge in [-0.1, -0.05) is 30.3 Å². The lowest BCUT2D eigenvalue weighted by atomic mass is 10.1. The van der Waals surface area contributed by atoms with Gasteiger partial charge in [-0.15, -0.1) is 0 Å². The summed E-state index contributed by atoms with van der Waals surface area (Å²) in [6.07, 6.45) is 0.846. The molecule has 130 valence electrons. The molecule has 0 aromatic heterocycles. The number of aliphatic carboxylic acids is 1. The van der Waals surface area contributed by atoms with E-state index in [9.17, 15) is 9.59 Å². The number of carbonyl (C=O) groups is 2. The minimum absolute atomic E-state index is 0.0258. The molecule has 0 atom stereocenters. The summed E-state index contributed by atoms with van der Waals surface area (Å²) >= 11 is 0. The fraction of sp³-hybridized carbons (Fsp3) is 0.300. The van der Waals surface area contributed by atoms with Crippen LogP contribution in [0.15, 0.2) is 54.6 Å². The van der Waals surface area contributed by atoms with Crippen molar-refractivity contribution < 1.29 is 14.7 Å². The number of hydrogen-bond acceptors (Lipinski definition) is 3. The molecule has 1 saturated heterocycles. The lowest BCUT2D eigenvalue weighted by molar-refractivity contribution is -0.136. The van der Waals surface area contributed by atoms with Gasteiger partial charge < -0.3 is 14.9 Å². The molecule has 0 bridgehead atoms. The molecule has 1 N–H and O–H groups in total. The highest BCUT2D eigenvalue weighted by atomic mass is 16.4. The van der Waals surface area contributed by atoms with E-state index in [1.165, 1.54) is 5.69 Å². The average molecular weight is 338 g/mol. The van der Waals surface area contributed by atoms with Gasteiger partial charge in [-0.3, -0.25) is 9.59 Å². The van der Waals surface area contributed by atoms with Crippen LogP contribution in [0.2, 0.25) is 0 Å². The molecule has 1 heterocycles. The van der Waals surface area contributed by atoms with Crippen molar-refractivity contribution >= 4 is 17.6 Å². The Morgan fingerprint density at radius 3 is 2.48 bits per heavy atom. The molecule has 5 nitrogen and oxygen atoms in total. The summed E-state index contributed by atoms with van der Waals surface area (Å²) in [5.41, 5.74) is 2.39. The van der Waals surface area contributed by atoms with E-state index < -0.39 is 5.97 Å². The van der Waals surface area contributed by atoms with E-state index in [-0.39, 0.29) is 12.3 Å². The van der Waals surface area contributed by atoms with Gasteiger partial charge in [0.1, 0.15) is 0 Å². The molecule has 25 heavy (non-hydrogen) atoms. The molecule has 0 aliphatic carbocycles. The molecular formula is C20H22N2O3. The Morgan fingerprint density at radius 1 is 0.920 bits per heavy atom. The lowest BCUT2D eigenvalue weighted by Crippen LogP contribution is -2.35. The first-order chi connectivity index (χ1) is 12.1. The number of rotatable bonds is 4. The van der Waals surface area contributed by atoms with Gasteiger partial charge in [-0.2, -0.15) is 0 Å². The first-order valence-electron chi connectivity index (χ1n) is 8.53. The smallest absolute Gasteiger partial charge is 0.307 e. The van der Waals surface area contributed by atoms with Crippen molar-refractivity contribution in [3.63, 3.8) is 0 Å². The Kier molecular flexibility index (Phi) is 5.33. The second kappa shape index (κ2) is 7.83. The number of amides is 1. The van der Waals surface area contributed by atoms with Gasteiger partial charge in [-0.25, -0.2) is 0 Å². The lowest BCUT2D eigenvalue weighted by Gasteiger charge is -2.23. The zero-order valence-electron chi connectivity index (χ0n) is 14.1. The largest absolute Gasteiger partial charge is 0.481 e. The number of carboxylic acids is 1. The van der Waals surface area contributed by atoms with Crippen molar-refractivity contribution in [2.24, 2.45) is 0 Å². The van der Waals surface area contributed by atoms with Crippen molar-refractivity contribution in [1.82, 2.24) is 4.90 Å². The van der Waals surface area contributed by atoms with E-state index in [2.05, 4.69) is 17.0 Å². The summed E-state index contributed by atoms with van der Waals surface area (Å²) in [5, 5.41) is 8.92. The molecule has 0 radical (unpaired) electrons. The number of hydrogen-bond donors (Lipinski definition) is 1. The van der Waals surface area contributed by atoms with Gasteiger partial charge in [0.2, 0.25) is 0 Å². The Bertz CT molecular complexity index is 746. The SMILES string of the molecule is O=C(O)Cc1cccc(C(=O)N2CCCN(c3ccccc3)CC2)c1. The van der Waals surface area contributed by atoms with Crippen LogP contribution >= 0.6 is 0 Å². The summed E-state index contributed by atoms with van der Waals surface area (Å²) in [6, 6.07) is 17.2. The van der Waals surface area contributed by atoms with E-state index in [0.717, 1.165) is 19.5 Å². The van der Waals surface area contributed by atoms with Crippen LogP contribution in [0.1, 0.15) is 22.3 Å². The van der Waals surface area contributed by atoms with Gasteiger partial charge in [0.05, 0.1) is 6.42 Å². The van der Waals surface area contributed by atoms with Crippen molar-refractivity contribution in [2.75, 3.05) is 31.1 Å². The molecule has 1 aliphatic rings. The maximum absolute atomic E-state index is 12.8. The summed E-state index contributed by atoms with van der Waals surface area (Å²) in [5.74, 6) is -0.917. The number of carbonyl (C=O) groups excluding carboxylic acids is 1. The van der Waals surface area contributed by atoms with Crippen LogP contribution in [0.25, 0.3) is 0 Å². The highest BCUT2D eigenvalue weighted by Crippen LogP contribution is 2.17. The number of nitrogens with zero attached hydrogens (tertiary/aromatic N) is 2. The van der Waals surface area contributed by atoms with E-state index in [1.54, 1.807) is 24.3 Å². The molecule has 0 unspecified atom stereocenters. The molecule has 5 heteroatoms. The molecule has 0 saturated carbocycles. The Labute approximate surface area is 147 Å². The fourth-order valence-corrected chi connectivity index (χ4v) is 3.19. The number of benzene rings is 2. The minimum Gasteiger partial charge on any atom is -0.481 e. The number of carboxylic acid groups (broad SMARTS) is 1. The standard InChI is InChI=1S/C20H22N2O3/c23-19(24)15-16-6-4-7-17(14-16)20(25)22-11-5-10-21(12-13-22)18-8-2-1-3-9-18/h1-4,6-9,14H,5,10-13,15H2,(H,23,24). The van der Waals surface area contributed by atoms with Crippen molar-refractivity contribution in [3.05, 3.63) is 65.7 Å². The highest BCUT2D eigenvalue weighted by molar-refractivity contribution is 5.94. The predicted molar refractivity (Wildman–Crippen MR) is 97.0 cm³/mol. The van der Waals surface area contributed by atoms with Gasteiger partial charge in [-0.05, 0) is 36.2 Å². The van der Waals surface area contributed by atoms with Gasteiger partial charge in [0.15, 0.2) is 0 Å². The van der Waals surface area contributed by atoms with Gasteiger partial charge in [0, 0.05) is 37.4 Å². The second-order valence-corrected chi connectivity index (χ2v) is 6.24. The third kappa shape index (κ3) is 4.38. The fourth-order valence-electron chi connectivity index (χ4n) is 3.19. The van der Waals surface area contributed by atoms with E-state index >= 15 is 0 Å². The molecule has 3 rings (SSSR count). The predicted octanol–water partition coefficient (Wildman–Crippen LogP) is 2.67. The quantitative estimate of drug-likeness (QED) is 0.931. The molecule has 2 aromatic rings. The molecule has 2 aromatic carbocycles. The Hall–Kier alpha value is -2.82. The first-order valence-corrected chi connectivity index (χ1v) is 8.53. The van der Waals surface area contributed by atoms with Crippen LogP contribution in [0.3, 0.4) is 0 Å². The van der Waals surface area contributed by atoms with E-state index in [0.29, 0.717) is 24.2 Å². The topological polar surface area (TPSA) is 60.9 Å². The first kappa shape index (κ1) is 17.0. The third-order valence-electron chi connectivity index (χ3n) is 4.43. The summed E-state index contributed by atoms with van der Waals surface area (Å²) < 4.78 is 0. The van der Waals surface area contributed by atoms with Crippen LogP contribution in [-0.2, 0) is 11.2 Å². The zero-order chi connectivity index (χ0) is 17.6.